The van der Waals surface area contributed by atoms with Crippen LogP contribution in [-0.2, 0) is 4.79 Å². The van der Waals surface area contributed by atoms with E-state index in [2.05, 4.69) is 0 Å². The molecule has 104 valence electrons. The molecule has 0 unspecified atom stereocenters. The predicted octanol–water partition coefficient (Wildman–Crippen LogP) is 2.93. The molecular formula is C14H17F2NO2. The molecule has 0 amide bonds. The van der Waals surface area contributed by atoms with Gasteiger partial charge in [0.05, 0.1) is 0 Å². The van der Waals surface area contributed by atoms with Gasteiger partial charge < -0.3 is 5.11 Å². The van der Waals surface area contributed by atoms with Gasteiger partial charge in [-0.15, -0.1) is 0 Å². The highest BCUT2D eigenvalue weighted by Crippen LogP contribution is 2.36. The maximum Gasteiger partial charge on any atom is 0.321 e. The smallest absolute Gasteiger partial charge is 0.321 e. The molecule has 0 bridgehead atoms. The Labute approximate surface area is 110 Å². The van der Waals surface area contributed by atoms with E-state index in [1.807, 2.05) is 37.3 Å². The molecule has 0 aromatic heterocycles. The Bertz CT molecular complexity index is 450. The zero-order valence-electron chi connectivity index (χ0n) is 10.7. The quantitative estimate of drug-likeness (QED) is 0.917. The molecule has 1 aromatic carbocycles. The SMILES string of the molecule is C[C@H](c1ccccc1)N1CCC(F)(F)C[C@H]1C(=O)O. The molecule has 1 aliphatic heterocycles. The lowest BCUT2D eigenvalue weighted by Crippen LogP contribution is -2.51. The Kier molecular flexibility index (Phi) is 3.85. The summed E-state index contributed by atoms with van der Waals surface area (Å²) in [5, 5.41) is 9.16. The molecule has 1 aromatic rings. The molecule has 1 fully saturated rings. The van der Waals surface area contributed by atoms with Crippen molar-refractivity contribution < 1.29 is 18.7 Å². The summed E-state index contributed by atoms with van der Waals surface area (Å²) in [4.78, 5) is 12.9. The van der Waals surface area contributed by atoms with Gasteiger partial charge >= 0.3 is 5.97 Å². The van der Waals surface area contributed by atoms with Gasteiger partial charge in [0.1, 0.15) is 6.04 Å². The number of likely N-dealkylation sites (tertiary alicyclic amines) is 1. The number of nitrogens with zero attached hydrogens (tertiary/aromatic N) is 1. The van der Waals surface area contributed by atoms with Crippen LogP contribution in [0.25, 0.3) is 0 Å². The van der Waals surface area contributed by atoms with Gasteiger partial charge in [-0.3, -0.25) is 9.69 Å². The van der Waals surface area contributed by atoms with Crippen LogP contribution < -0.4 is 0 Å². The fraction of sp³-hybridized carbons (Fsp3) is 0.500. The first-order valence-electron chi connectivity index (χ1n) is 6.32. The Morgan fingerprint density at radius 1 is 1.42 bits per heavy atom. The first kappa shape index (κ1) is 13.9. The van der Waals surface area contributed by atoms with E-state index in [0.717, 1.165) is 5.56 Å². The molecule has 2 atom stereocenters. The van der Waals surface area contributed by atoms with E-state index >= 15 is 0 Å². The lowest BCUT2D eigenvalue weighted by molar-refractivity contribution is -0.156. The van der Waals surface area contributed by atoms with Crippen LogP contribution in [0.3, 0.4) is 0 Å². The highest BCUT2D eigenvalue weighted by atomic mass is 19.3. The maximum atomic E-state index is 13.4. The molecule has 1 heterocycles. The number of halogens is 2. The van der Waals surface area contributed by atoms with Crippen molar-refractivity contribution >= 4 is 5.97 Å². The van der Waals surface area contributed by atoms with Crippen LogP contribution >= 0.6 is 0 Å². The summed E-state index contributed by atoms with van der Waals surface area (Å²) in [7, 11) is 0. The molecule has 1 N–H and O–H groups in total. The van der Waals surface area contributed by atoms with Crippen LogP contribution in [0, 0.1) is 0 Å². The molecule has 19 heavy (non-hydrogen) atoms. The predicted molar refractivity (Wildman–Crippen MR) is 67.2 cm³/mol. The average molecular weight is 269 g/mol. The minimum Gasteiger partial charge on any atom is -0.480 e. The molecule has 0 radical (unpaired) electrons. The fourth-order valence-electron chi connectivity index (χ4n) is 2.57. The molecule has 3 nitrogen and oxygen atoms in total. The van der Waals surface area contributed by atoms with Crippen molar-refractivity contribution in [3.8, 4) is 0 Å². The van der Waals surface area contributed by atoms with Gasteiger partial charge in [0, 0.05) is 25.4 Å². The summed E-state index contributed by atoms with van der Waals surface area (Å²) < 4.78 is 26.7. The Morgan fingerprint density at radius 2 is 2.05 bits per heavy atom. The van der Waals surface area contributed by atoms with E-state index in [9.17, 15) is 13.6 Å². The zero-order chi connectivity index (χ0) is 14.0. The number of carboxylic acids is 1. The molecule has 5 heteroatoms. The second kappa shape index (κ2) is 5.25. The summed E-state index contributed by atoms with van der Waals surface area (Å²) in [6, 6.07) is 8.06. The van der Waals surface area contributed by atoms with Gasteiger partial charge in [-0.1, -0.05) is 30.3 Å². The summed E-state index contributed by atoms with van der Waals surface area (Å²) >= 11 is 0. The first-order chi connectivity index (χ1) is 8.91. The average Bonchev–Trinajstić information content (AvgIpc) is 2.38. The Hall–Kier alpha value is -1.49. The summed E-state index contributed by atoms with van der Waals surface area (Å²) in [6.45, 7) is 1.95. The van der Waals surface area contributed by atoms with Gasteiger partial charge in [-0.2, -0.15) is 0 Å². The topological polar surface area (TPSA) is 40.5 Å². The minimum atomic E-state index is -2.88. The molecule has 2 rings (SSSR count). The van der Waals surface area contributed by atoms with Gasteiger partial charge in [-0.25, -0.2) is 8.78 Å². The zero-order valence-corrected chi connectivity index (χ0v) is 10.7. The van der Waals surface area contributed by atoms with Crippen molar-refractivity contribution in [2.45, 2.75) is 37.8 Å². The fourth-order valence-corrected chi connectivity index (χ4v) is 2.57. The maximum absolute atomic E-state index is 13.4. The van der Waals surface area contributed by atoms with Crippen molar-refractivity contribution in [3.05, 3.63) is 35.9 Å². The third-order valence-corrected chi connectivity index (χ3v) is 3.69. The van der Waals surface area contributed by atoms with Crippen molar-refractivity contribution in [3.63, 3.8) is 0 Å². The van der Waals surface area contributed by atoms with Gasteiger partial charge in [-0.05, 0) is 12.5 Å². The normalized spacial score (nSPS) is 24.9. The van der Waals surface area contributed by atoms with Gasteiger partial charge in [0.2, 0.25) is 0 Å². The second-order valence-corrected chi connectivity index (χ2v) is 4.99. The largest absolute Gasteiger partial charge is 0.480 e. The number of carbonyl (C=O) groups is 1. The highest BCUT2D eigenvalue weighted by Gasteiger charge is 2.45. The van der Waals surface area contributed by atoms with Crippen molar-refractivity contribution in [2.75, 3.05) is 6.54 Å². The molecule has 0 spiro atoms. The molecular weight excluding hydrogens is 252 g/mol. The van der Waals surface area contributed by atoms with Crippen molar-refractivity contribution in [1.82, 2.24) is 4.90 Å². The summed E-state index contributed by atoms with van der Waals surface area (Å²) in [5.74, 6) is -4.06. The van der Waals surface area contributed by atoms with Crippen LogP contribution in [0.15, 0.2) is 30.3 Å². The van der Waals surface area contributed by atoms with Crippen LogP contribution in [0.4, 0.5) is 8.78 Å². The van der Waals surface area contributed by atoms with Crippen molar-refractivity contribution in [2.24, 2.45) is 0 Å². The van der Waals surface area contributed by atoms with E-state index in [-0.39, 0.29) is 19.0 Å². The Balaban J connectivity index is 2.20. The van der Waals surface area contributed by atoms with E-state index < -0.39 is 24.4 Å². The number of hydrogen-bond acceptors (Lipinski definition) is 2. The number of alkyl halides is 2. The Morgan fingerprint density at radius 3 is 2.63 bits per heavy atom. The highest BCUT2D eigenvalue weighted by molar-refractivity contribution is 5.73. The monoisotopic (exact) mass is 269 g/mol. The lowest BCUT2D eigenvalue weighted by Gasteiger charge is -2.40. The van der Waals surface area contributed by atoms with Crippen LogP contribution in [-0.4, -0.2) is 34.5 Å². The third-order valence-electron chi connectivity index (χ3n) is 3.69. The number of aliphatic carboxylic acids is 1. The van der Waals surface area contributed by atoms with Crippen LogP contribution in [0.2, 0.25) is 0 Å². The molecule has 1 saturated heterocycles. The number of piperidine rings is 1. The number of carboxylic acid groups (broad SMARTS) is 1. The second-order valence-electron chi connectivity index (χ2n) is 4.99. The molecule has 1 aliphatic rings. The number of rotatable bonds is 3. The lowest BCUT2D eigenvalue weighted by atomic mass is 9.94. The number of benzene rings is 1. The van der Waals surface area contributed by atoms with Crippen molar-refractivity contribution in [1.29, 1.82) is 0 Å². The summed E-state index contributed by atoms with van der Waals surface area (Å²) in [6.07, 6.45) is -0.895. The van der Waals surface area contributed by atoms with E-state index in [0.29, 0.717) is 0 Å². The number of hydrogen-bond donors (Lipinski definition) is 1. The molecule has 0 aliphatic carbocycles. The van der Waals surface area contributed by atoms with Gasteiger partial charge in [0.25, 0.3) is 5.92 Å². The van der Waals surface area contributed by atoms with Gasteiger partial charge in [0.15, 0.2) is 0 Å². The first-order valence-corrected chi connectivity index (χ1v) is 6.32. The van der Waals surface area contributed by atoms with Crippen LogP contribution in [0.5, 0.6) is 0 Å². The third kappa shape index (κ3) is 3.10. The minimum absolute atomic E-state index is 0.0972. The van der Waals surface area contributed by atoms with E-state index in [1.54, 1.807) is 4.90 Å². The van der Waals surface area contributed by atoms with E-state index in [4.69, 9.17) is 5.11 Å². The van der Waals surface area contributed by atoms with Crippen LogP contribution in [0.1, 0.15) is 31.4 Å². The summed E-state index contributed by atoms with van der Waals surface area (Å²) in [5.41, 5.74) is 0.943. The van der Waals surface area contributed by atoms with E-state index in [1.165, 1.54) is 0 Å². The standard InChI is InChI=1S/C14H17F2NO2/c1-10(11-5-3-2-4-6-11)17-8-7-14(15,16)9-12(17)13(18)19/h2-6,10,12H,7-9H2,1H3,(H,18,19)/t10-,12+/m1/s1. The molecule has 0 saturated carbocycles.